The van der Waals surface area contributed by atoms with E-state index in [1.54, 1.807) is 0 Å². The molecule has 0 aromatic heterocycles. The summed E-state index contributed by atoms with van der Waals surface area (Å²) in [5.41, 5.74) is 0. The van der Waals surface area contributed by atoms with E-state index in [0.717, 1.165) is 25.3 Å². The molecule has 0 amide bonds. The number of rotatable bonds is 4. The number of nitrogens with zero attached hydrogens (tertiary/aromatic N) is 1. The van der Waals surface area contributed by atoms with Crippen LogP contribution in [0.15, 0.2) is 0 Å². The Balaban J connectivity index is 1.57. The monoisotopic (exact) mass is 226 g/mol. The summed E-state index contributed by atoms with van der Waals surface area (Å²) in [6.45, 7) is 3.61. The summed E-state index contributed by atoms with van der Waals surface area (Å²) < 4.78 is 0. The first kappa shape index (κ1) is 12.3. The lowest BCUT2D eigenvalue weighted by atomic mass is 9.94. The zero-order valence-electron chi connectivity index (χ0n) is 10.5. The Hall–Kier alpha value is -0.120. The molecule has 0 bridgehead atoms. The third kappa shape index (κ3) is 3.44. The van der Waals surface area contributed by atoms with E-state index in [1.807, 2.05) is 0 Å². The molecule has 2 N–H and O–H groups in total. The van der Waals surface area contributed by atoms with Crippen LogP contribution in [0, 0.1) is 5.92 Å². The lowest BCUT2D eigenvalue weighted by molar-refractivity contribution is 0.146. The minimum Gasteiger partial charge on any atom is -0.392 e. The molecular weight excluding hydrogens is 200 g/mol. The van der Waals surface area contributed by atoms with Crippen LogP contribution in [0.25, 0.3) is 0 Å². The van der Waals surface area contributed by atoms with E-state index in [9.17, 15) is 5.11 Å². The summed E-state index contributed by atoms with van der Waals surface area (Å²) in [7, 11) is 2.21. The highest BCUT2D eigenvalue weighted by Crippen LogP contribution is 2.21. The number of likely N-dealkylation sites (tertiary alicyclic amines) is 1. The molecule has 0 unspecified atom stereocenters. The summed E-state index contributed by atoms with van der Waals surface area (Å²) in [6, 6.07) is 0.381. The van der Waals surface area contributed by atoms with Crippen LogP contribution in [0.2, 0.25) is 0 Å². The van der Waals surface area contributed by atoms with E-state index in [2.05, 4.69) is 17.3 Å². The minimum absolute atomic E-state index is 0.0857. The van der Waals surface area contributed by atoms with Gasteiger partial charge in [-0.05, 0) is 71.1 Å². The van der Waals surface area contributed by atoms with Gasteiger partial charge < -0.3 is 15.3 Å². The Morgan fingerprint density at radius 1 is 1.19 bits per heavy atom. The lowest BCUT2D eigenvalue weighted by Crippen LogP contribution is -2.38. The first-order valence-electron chi connectivity index (χ1n) is 6.85. The van der Waals surface area contributed by atoms with Crippen LogP contribution in [0.1, 0.15) is 38.5 Å². The van der Waals surface area contributed by atoms with Gasteiger partial charge in [0, 0.05) is 6.04 Å². The molecule has 0 aromatic carbocycles. The van der Waals surface area contributed by atoms with Crippen molar-refractivity contribution < 1.29 is 5.11 Å². The zero-order valence-corrected chi connectivity index (χ0v) is 10.5. The summed E-state index contributed by atoms with van der Waals surface area (Å²) >= 11 is 0. The fraction of sp³-hybridized carbons (Fsp3) is 1.00. The Bertz CT molecular complexity index is 202. The largest absolute Gasteiger partial charge is 0.392 e. The highest BCUT2D eigenvalue weighted by atomic mass is 16.3. The normalized spacial score (nSPS) is 33.4. The number of aliphatic hydroxyl groups is 1. The van der Waals surface area contributed by atoms with Gasteiger partial charge in [0.2, 0.25) is 0 Å². The maximum Gasteiger partial charge on any atom is 0.0693 e. The number of aliphatic hydroxyl groups excluding tert-OH is 1. The van der Waals surface area contributed by atoms with Gasteiger partial charge in [0.1, 0.15) is 0 Å². The molecule has 2 fully saturated rings. The number of piperidine rings is 1. The van der Waals surface area contributed by atoms with Gasteiger partial charge in [0.15, 0.2) is 0 Å². The van der Waals surface area contributed by atoms with Gasteiger partial charge in [-0.25, -0.2) is 0 Å². The zero-order chi connectivity index (χ0) is 11.4. The van der Waals surface area contributed by atoms with Crippen molar-refractivity contribution in [1.29, 1.82) is 0 Å². The van der Waals surface area contributed by atoms with Crippen molar-refractivity contribution in [2.45, 2.75) is 50.7 Å². The predicted molar refractivity (Wildman–Crippen MR) is 66.5 cm³/mol. The first-order valence-corrected chi connectivity index (χ1v) is 6.85. The van der Waals surface area contributed by atoms with Crippen molar-refractivity contribution in [2.24, 2.45) is 5.92 Å². The molecule has 0 spiro atoms. The second-order valence-electron chi connectivity index (χ2n) is 5.59. The van der Waals surface area contributed by atoms with E-state index in [4.69, 9.17) is 0 Å². The first-order chi connectivity index (χ1) is 7.75. The van der Waals surface area contributed by atoms with Crippen LogP contribution in [0.5, 0.6) is 0 Å². The summed E-state index contributed by atoms with van der Waals surface area (Å²) in [5, 5.41) is 13.2. The molecule has 94 valence electrons. The topological polar surface area (TPSA) is 35.5 Å². The van der Waals surface area contributed by atoms with Gasteiger partial charge in [0.25, 0.3) is 0 Å². The number of nitrogens with one attached hydrogen (secondary N) is 1. The summed E-state index contributed by atoms with van der Waals surface area (Å²) in [5.74, 6) is 0.905. The smallest absolute Gasteiger partial charge is 0.0693 e. The summed E-state index contributed by atoms with van der Waals surface area (Å²) in [6.07, 6.45) is 7.25. The SMILES string of the molecule is CN1CCC(CCN[C@@H]2CCC[C@H]2O)CC1. The molecule has 1 heterocycles. The Labute approximate surface area is 99.2 Å². The predicted octanol–water partition coefficient (Wildman–Crippen LogP) is 1.22. The fourth-order valence-electron chi connectivity index (χ4n) is 3.00. The van der Waals surface area contributed by atoms with Gasteiger partial charge >= 0.3 is 0 Å². The van der Waals surface area contributed by atoms with Crippen molar-refractivity contribution in [3.63, 3.8) is 0 Å². The van der Waals surface area contributed by atoms with Crippen LogP contribution in [-0.4, -0.2) is 48.8 Å². The van der Waals surface area contributed by atoms with E-state index < -0.39 is 0 Å². The molecule has 0 aromatic rings. The molecule has 0 radical (unpaired) electrons. The maximum atomic E-state index is 9.69. The second-order valence-corrected chi connectivity index (χ2v) is 5.59. The van der Waals surface area contributed by atoms with Crippen molar-refractivity contribution >= 4 is 0 Å². The molecular formula is C13H26N2O. The Kier molecular flexibility index (Phi) is 4.62. The van der Waals surface area contributed by atoms with Crippen molar-refractivity contribution in [2.75, 3.05) is 26.7 Å². The van der Waals surface area contributed by atoms with Gasteiger partial charge in [-0.1, -0.05) is 0 Å². The van der Waals surface area contributed by atoms with Crippen molar-refractivity contribution in [3.05, 3.63) is 0 Å². The van der Waals surface area contributed by atoms with Gasteiger partial charge in [0.05, 0.1) is 6.10 Å². The Morgan fingerprint density at radius 3 is 2.56 bits per heavy atom. The van der Waals surface area contributed by atoms with E-state index in [1.165, 1.54) is 38.8 Å². The maximum absolute atomic E-state index is 9.69. The van der Waals surface area contributed by atoms with Gasteiger partial charge in [-0.2, -0.15) is 0 Å². The molecule has 1 saturated heterocycles. The van der Waals surface area contributed by atoms with Crippen LogP contribution in [-0.2, 0) is 0 Å². The van der Waals surface area contributed by atoms with Crippen molar-refractivity contribution in [3.8, 4) is 0 Å². The fourth-order valence-corrected chi connectivity index (χ4v) is 3.00. The highest BCUT2D eigenvalue weighted by molar-refractivity contribution is 4.83. The molecule has 2 atom stereocenters. The van der Waals surface area contributed by atoms with Crippen LogP contribution in [0.4, 0.5) is 0 Å². The van der Waals surface area contributed by atoms with E-state index >= 15 is 0 Å². The molecule has 2 rings (SSSR count). The third-order valence-electron chi connectivity index (χ3n) is 4.28. The molecule has 16 heavy (non-hydrogen) atoms. The van der Waals surface area contributed by atoms with E-state index in [-0.39, 0.29) is 6.10 Å². The third-order valence-corrected chi connectivity index (χ3v) is 4.28. The summed E-state index contributed by atoms with van der Waals surface area (Å²) in [4.78, 5) is 2.42. The van der Waals surface area contributed by atoms with Gasteiger partial charge in [-0.3, -0.25) is 0 Å². The number of hydrogen-bond acceptors (Lipinski definition) is 3. The number of hydrogen-bond donors (Lipinski definition) is 2. The van der Waals surface area contributed by atoms with Crippen LogP contribution < -0.4 is 5.32 Å². The van der Waals surface area contributed by atoms with Crippen LogP contribution >= 0.6 is 0 Å². The van der Waals surface area contributed by atoms with Crippen LogP contribution in [0.3, 0.4) is 0 Å². The standard InChI is InChI=1S/C13H26N2O/c1-15-9-6-11(7-10-15)5-8-14-12-3-2-4-13(12)16/h11-14,16H,2-10H2,1H3/t12-,13-/m1/s1. The molecule has 3 nitrogen and oxygen atoms in total. The second kappa shape index (κ2) is 5.99. The quantitative estimate of drug-likeness (QED) is 0.756. The molecule has 1 aliphatic heterocycles. The molecule has 1 saturated carbocycles. The average Bonchev–Trinajstić information content (AvgIpc) is 2.68. The van der Waals surface area contributed by atoms with Gasteiger partial charge in [-0.15, -0.1) is 0 Å². The molecule has 2 aliphatic rings. The molecule has 1 aliphatic carbocycles. The van der Waals surface area contributed by atoms with E-state index in [0.29, 0.717) is 6.04 Å². The lowest BCUT2D eigenvalue weighted by Gasteiger charge is -2.29. The Morgan fingerprint density at radius 2 is 1.94 bits per heavy atom. The average molecular weight is 226 g/mol. The molecule has 3 heteroatoms. The minimum atomic E-state index is -0.0857. The van der Waals surface area contributed by atoms with Crippen molar-refractivity contribution in [1.82, 2.24) is 10.2 Å². The highest BCUT2D eigenvalue weighted by Gasteiger charge is 2.24.